The van der Waals surface area contributed by atoms with Gasteiger partial charge >= 0.3 is 21.7 Å². The summed E-state index contributed by atoms with van der Waals surface area (Å²) in [4.78, 5) is 0. The van der Waals surface area contributed by atoms with E-state index in [4.69, 9.17) is 0 Å². The predicted octanol–water partition coefficient (Wildman–Crippen LogP) is 10.1. The molecule has 2 aliphatic carbocycles. The monoisotopic (exact) mass is 619 g/mol. The quantitative estimate of drug-likeness (QED) is 0.136. The van der Waals surface area contributed by atoms with E-state index in [0.29, 0.717) is 0 Å². The van der Waals surface area contributed by atoms with Gasteiger partial charge in [-0.25, -0.2) is 0 Å². The molecular weight excluding hydrogens is 580 g/mol. The van der Waals surface area contributed by atoms with Gasteiger partial charge in [-0.3, -0.25) is 0 Å². The van der Waals surface area contributed by atoms with Crippen LogP contribution in [-0.2, 0) is 47.4 Å². The molecule has 0 aliphatic heterocycles. The molecule has 0 N–H and O–H groups in total. The van der Waals surface area contributed by atoms with Gasteiger partial charge in [0, 0.05) is 9.52 Å². The van der Waals surface area contributed by atoms with E-state index in [0.717, 1.165) is 35.2 Å². The van der Waals surface area contributed by atoms with Gasteiger partial charge in [-0.2, -0.15) is 59.7 Å². The van der Waals surface area contributed by atoms with E-state index in [2.05, 4.69) is 159 Å². The minimum atomic E-state index is 0. The predicted molar refractivity (Wildman–Crippen MR) is 186 cm³/mol. The van der Waals surface area contributed by atoms with E-state index in [9.17, 15) is 0 Å². The molecule has 0 atom stereocenters. The Morgan fingerprint density at radius 3 is 1.20 bits per heavy atom. The third-order valence-electron chi connectivity index (χ3n) is 7.62. The second kappa shape index (κ2) is 17.5. The Bertz CT molecular complexity index is 1490. The van der Waals surface area contributed by atoms with Crippen LogP contribution >= 0.6 is 0 Å². The first kappa shape index (κ1) is 33.2. The molecule has 0 heterocycles. The molecule has 215 valence electrons. The Balaban J connectivity index is 0.000000143. The number of fused-ring (bicyclic) bond motifs is 6. The normalized spacial score (nSPS) is 10.9. The minimum absolute atomic E-state index is 0. The summed E-state index contributed by atoms with van der Waals surface area (Å²) in [5, 5.41) is 0. The van der Waals surface area contributed by atoms with Crippen molar-refractivity contribution in [3.8, 4) is 22.3 Å². The molecule has 0 saturated carbocycles. The number of hydrogen-bond acceptors (Lipinski definition) is 0. The van der Waals surface area contributed by atoms with Gasteiger partial charge in [0.1, 0.15) is 0 Å². The zero-order chi connectivity index (χ0) is 29.7. The summed E-state index contributed by atoms with van der Waals surface area (Å²) in [5.41, 5.74) is 13.8. The van der Waals surface area contributed by atoms with Crippen LogP contribution in [0.25, 0.3) is 22.3 Å². The van der Waals surface area contributed by atoms with Crippen LogP contribution < -0.4 is 0 Å². The standard InChI is InChI=1S/C14H14.2C13H9.C2H7Si.Ti/c1-3-7-13(8-4-1)11-12-14-9-5-2-6-10-14;2*1-3-7-12-10(5-1)9-11-6-2-4-8-13(11)12;1-3-2;/h1-10H,11-12H2;2*1-5,7-8H,9H2;3H,1-2H3;/q;2*-1;;+2. The number of hydrogen-bond donors (Lipinski definition) is 0. The Hall–Kier alpha value is -3.75. The van der Waals surface area contributed by atoms with Crippen LogP contribution in [0.15, 0.2) is 146 Å². The van der Waals surface area contributed by atoms with Crippen molar-refractivity contribution in [3.63, 3.8) is 0 Å². The van der Waals surface area contributed by atoms with Gasteiger partial charge in [0.25, 0.3) is 0 Å². The summed E-state index contributed by atoms with van der Waals surface area (Å²) in [6.45, 7) is 4.42. The van der Waals surface area contributed by atoms with Crippen molar-refractivity contribution in [2.45, 2.75) is 38.8 Å². The van der Waals surface area contributed by atoms with Crippen LogP contribution in [0.2, 0.25) is 13.1 Å². The molecule has 0 saturated heterocycles. The minimum Gasteiger partial charge on any atom is -0.179 e. The van der Waals surface area contributed by atoms with Crippen molar-refractivity contribution in [2.24, 2.45) is 0 Å². The first-order chi connectivity index (χ1) is 21.3. The Morgan fingerprint density at radius 1 is 0.455 bits per heavy atom. The first-order valence-corrected chi connectivity index (χ1v) is 17.5. The third-order valence-corrected chi connectivity index (χ3v) is 7.62. The molecule has 6 aromatic carbocycles. The molecule has 0 amide bonds. The molecule has 0 unspecified atom stereocenters. The van der Waals surface area contributed by atoms with Crippen molar-refractivity contribution in [3.05, 3.63) is 191 Å². The molecule has 1 radical (unpaired) electrons. The number of benzene rings is 6. The average molecular weight is 620 g/mol. The summed E-state index contributed by atoms with van der Waals surface area (Å²) in [5.74, 6) is 0. The van der Waals surface area contributed by atoms with Gasteiger partial charge in [0.2, 0.25) is 0 Å². The van der Waals surface area contributed by atoms with E-state index in [1.807, 2.05) is 12.1 Å². The molecule has 44 heavy (non-hydrogen) atoms. The summed E-state index contributed by atoms with van der Waals surface area (Å²) in [6, 6.07) is 57.5. The van der Waals surface area contributed by atoms with Gasteiger partial charge < -0.3 is 0 Å². The van der Waals surface area contributed by atoms with E-state index < -0.39 is 0 Å². The second-order valence-corrected chi connectivity index (χ2v) is 12.0. The molecule has 0 nitrogen and oxygen atoms in total. The van der Waals surface area contributed by atoms with Crippen LogP contribution in [0, 0.1) is 12.1 Å². The summed E-state index contributed by atoms with van der Waals surface area (Å²) in [6.07, 6.45) is 4.36. The van der Waals surface area contributed by atoms with Crippen molar-refractivity contribution < 1.29 is 21.7 Å². The maximum Gasteiger partial charge on any atom is 2.00 e. The fourth-order valence-corrected chi connectivity index (χ4v) is 5.57. The van der Waals surface area contributed by atoms with E-state index >= 15 is 0 Å². The van der Waals surface area contributed by atoms with Crippen LogP contribution in [0.3, 0.4) is 0 Å². The Morgan fingerprint density at radius 2 is 0.795 bits per heavy atom. The fourth-order valence-electron chi connectivity index (χ4n) is 5.57. The van der Waals surface area contributed by atoms with Crippen molar-refractivity contribution >= 4 is 9.52 Å². The molecular formula is C42H39SiTi. The molecule has 0 bridgehead atoms. The van der Waals surface area contributed by atoms with E-state index in [1.54, 1.807) is 0 Å². The topological polar surface area (TPSA) is 0 Å². The summed E-state index contributed by atoms with van der Waals surface area (Å²) in [7, 11) is 0.750. The molecule has 0 spiro atoms. The molecule has 6 aromatic rings. The van der Waals surface area contributed by atoms with Crippen molar-refractivity contribution in [2.75, 3.05) is 0 Å². The Labute approximate surface area is 281 Å². The molecule has 2 aliphatic rings. The van der Waals surface area contributed by atoms with Crippen LogP contribution in [0.1, 0.15) is 33.4 Å². The van der Waals surface area contributed by atoms with E-state index in [1.165, 1.54) is 55.6 Å². The van der Waals surface area contributed by atoms with Crippen molar-refractivity contribution in [1.29, 1.82) is 0 Å². The van der Waals surface area contributed by atoms with Crippen LogP contribution in [0.4, 0.5) is 0 Å². The summed E-state index contributed by atoms with van der Waals surface area (Å²) >= 11 is 0. The third kappa shape index (κ3) is 8.89. The average Bonchev–Trinajstić information content (AvgIpc) is 3.64. The fraction of sp³-hybridized carbons (Fsp3) is 0.143. The second-order valence-electron chi connectivity index (χ2n) is 10.8. The van der Waals surface area contributed by atoms with Crippen LogP contribution in [0.5, 0.6) is 0 Å². The van der Waals surface area contributed by atoms with Crippen molar-refractivity contribution in [1.82, 2.24) is 0 Å². The number of aryl methyl sites for hydroxylation is 2. The Kier molecular flexibility index (Phi) is 13.2. The largest absolute Gasteiger partial charge is 2.00 e. The van der Waals surface area contributed by atoms with Crippen LogP contribution in [-0.4, -0.2) is 9.52 Å². The molecule has 0 fully saturated rings. The van der Waals surface area contributed by atoms with Gasteiger partial charge in [0.05, 0.1) is 0 Å². The SMILES string of the molecule is C[SiH]C.[Ti+2].[c-]1cccc2c1Cc1ccccc1-2.[c-]1cccc2c1Cc1ccccc1-2.c1ccc(CCc2ccccc2)cc1. The van der Waals surface area contributed by atoms with Gasteiger partial charge in [-0.1, -0.05) is 145 Å². The van der Waals surface area contributed by atoms with Gasteiger partial charge in [-0.05, 0) is 36.8 Å². The maximum atomic E-state index is 3.30. The zero-order valence-electron chi connectivity index (χ0n) is 25.8. The number of rotatable bonds is 3. The van der Waals surface area contributed by atoms with Gasteiger partial charge in [-0.15, -0.1) is 11.1 Å². The summed E-state index contributed by atoms with van der Waals surface area (Å²) < 4.78 is 0. The smallest absolute Gasteiger partial charge is 0.179 e. The maximum absolute atomic E-state index is 3.30. The molecule has 0 aromatic heterocycles. The zero-order valence-corrected chi connectivity index (χ0v) is 28.5. The van der Waals surface area contributed by atoms with E-state index in [-0.39, 0.29) is 21.7 Å². The van der Waals surface area contributed by atoms with Gasteiger partial charge in [0.15, 0.2) is 0 Å². The first-order valence-electron chi connectivity index (χ1n) is 15.2. The molecule has 2 heteroatoms. The molecule has 8 rings (SSSR count).